The number of benzene rings is 3. The lowest BCUT2D eigenvalue weighted by Crippen LogP contribution is -2.40. The van der Waals surface area contributed by atoms with E-state index in [2.05, 4.69) is 32.7 Å². The van der Waals surface area contributed by atoms with Gasteiger partial charge >= 0.3 is 0 Å². The summed E-state index contributed by atoms with van der Waals surface area (Å²) >= 11 is 5.90. The molecular formula is C23H21ClN4O2. The van der Waals surface area contributed by atoms with Crippen molar-refractivity contribution in [3.8, 4) is 11.5 Å². The molecule has 30 heavy (non-hydrogen) atoms. The molecule has 0 radical (unpaired) electrons. The number of nitrogens with zero attached hydrogens (tertiary/aromatic N) is 1. The maximum atomic E-state index is 5.90. The summed E-state index contributed by atoms with van der Waals surface area (Å²) < 4.78 is 11.0. The van der Waals surface area contributed by atoms with Crippen LogP contribution in [0.3, 0.4) is 0 Å². The van der Waals surface area contributed by atoms with Crippen LogP contribution in [0.25, 0.3) is 11.0 Å². The van der Waals surface area contributed by atoms with Crippen molar-refractivity contribution in [2.75, 3.05) is 23.8 Å². The fraction of sp³-hybridized carbons (Fsp3) is 0.174. The highest BCUT2D eigenvalue weighted by Crippen LogP contribution is 2.24. The number of ether oxygens (including phenoxy) is 2. The van der Waals surface area contributed by atoms with Gasteiger partial charge in [0.05, 0.1) is 30.3 Å². The summed E-state index contributed by atoms with van der Waals surface area (Å²) in [4.78, 5) is 7.96. The molecule has 1 aliphatic rings. The lowest BCUT2D eigenvalue weighted by atomic mass is 10.2. The Labute approximate surface area is 179 Å². The Balaban J connectivity index is 1.20. The normalized spacial score (nSPS) is 13.8. The zero-order valence-corrected chi connectivity index (χ0v) is 16.9. The van der Waals surface area contributed by atoms with Gasteiger partial charge in [0.1, 0.15) is 11.5 Å². The molecule has 3 aromatic carbocycles. The predicted molar refractivity (Wildman–Crippen MR) is 120 cm³/mol. The van der Waals surface area contributed by atoms with Crippen LogP contribution in [0.1, 0.15) is 5.56 Å². The van der Waals surface area contributed by atoms with Gasteiger partial charge in [-0.15, -0.1) is 0 Å². The summed E-state index contributed by atoms with van der Waals surface area (Å²) in [7, 11) is 0. The van der Waals surface area contributed by atoms with Crippen LogP contribution in [0.2, 0.25) is 5.02 Å². The molecule has 1 saturated heterocycles. The second kappa shape index (κ2) is 8.26. The third-order valence-corrected chi connectivity index (χ3v) is 5.18. The molecule has 0 unspecified atom stereocenters. The number of rotatable bonds is 7. The number of hydrogen-bond acceptors (Lipinski definition) is 5. The number of nitrogens with one attached hydrogen (secondary N) is 3. The van der Waals surface area contributed by atoms with Crippen LogP contribution in [-0.2, 0) is 11.3 Å². The Hall–Kier alpha value is -3.22. The number of aromatic amines is 1. The lowest BCUT2D eigenvalue weighted by molar-refractivity contribution is 0.0211. The van der Waals surface area contributed by atoms with E-state index in [0.29, 0.717) is 17.6 Å². The minimum absolute atomic E-state index is 0.394. The molecule has 0 aliphatic carbocycles. The Bertz CT molecular complexity index is 1140. The molecule has 0 bridgehead atoms. The average Bonchev–Trinajstić information content (AvgIpc) is 3.14. The molecular weight excluding hydrogens is 400 g/mol. The minimum atomic E-state index is 0.394. The van der Waals surface area contributed by atoms with E-state index in [4.69, 9.17) is 21.1 Å². The highest BCUT2D eigenvalue weighted by Gasteiger charge is 2.17. The van der Waals surface area contributed by atoms with E-state index < -0.39 is 0 Å². The summed E-state index contributed by atoms with van der Waals surface area (Å²) in [5.41, 5.74) is 4.12. The Morgan fingerprint density at radius 1 is 1.00 bits per heavy atom. The Morgan fingerprint density at radius 3 is 2.43 bits per heavy atom. The number of fused-ring (bicyclic) bond motifs is 1. The van der Waals surface area contributed by atoms with Crippen molar-refractivity contribution in [3.63, 3.8) is 0 Å². The molecule has 7 heteroatoms. The van der Waals surface area contributed by atoms with Crippen LogP contribution in [0.4, 0.5) is 11.6 Å². The largest absolute Gasteiger partial charge is 0.457 e. The topological polar surface area (TPSA) is 71.2 Å². The summed E-state index contributed by atoms with van der Waals surface area (Å²) in [5, 5.41) is 7.48. The first-order chi connectivity index (χ1) is 14.7. The molecule has 4 aromatic rings. The van der Waals surface area contributed by atoms with Gasteiger partial charge in [-0.25, -0.2) is 4.98 Å². The van der Waals surface area contributed by atoms with E-state index in [9.17, 15) is 0 Å². The van der Waals surface area contributed by atoms with Crippen molar-refractivity contribution in [1.82, 2.24) is 9.97 Å². The summed E-state index contributed by atoms with van der Waals surface area (Å²) in [6, 6.07) is 21.8. The monoisotopic (exact) mass is 420 g/mol. The van der Waals surface area contributed by atoms with Crippen LogP contribution < -0.4 is 15.4 Å². The van der Waals surface area contributed by atoms with Gasteiger partial charge in [0.15, 0.2) is 0 Å². The Morgan fingerprint density at radius 2 is 1.73 bits per heavy atom. The van der Waals surface area contributed by atoms with Gasteiger partial charge in [-0.05, 0) is 60.2 Å². The van der Waals surface area contributed by atoms with E-state index in [-0.39, 0.29) is 0 Å². The van der Waals surface area contributed by atoms with E-state index in [0.717, 1.165) is 52.9 Å². The van der Waals surface area contributed by atoms with Crippen LogP contribution in [-0.4, -0.2) is 29.2 Å². The molecule has 0 atom stereocenters. The molecule has 0 spiro atoms. The summed E-state index contributed by atoms with van der Waals surface area (Å²) in [5.74, 6) is 2.28. The molecule has 0 amide bonds. The molecule has 1 aromatic heterocycles. The van der Waals surface area contributed by atoms with Crippen molar-refractivity contribution in [1.29, 1.82) is 0 Å². The van der Waals surface area contributed by atoms with E-state index in [1.54, 1.807) is 0 Å². The van der Waals surface area contributed by atoms with Crippen LogP contribution in [0.15, 0.2) is 66.7 Å². The van der Waals surface area contributed by atoms with Crippen molar-refractivity contribution >= 4 is 34.3 Å². The highest BCUT2D eigenvalue weighted by molar-refractivity contribution is 6.30. The number of hydrogen-bond donors (Lipinski definition) is 3. The maximum Gasteiger partial charge on any atom is 0.201 e. The van der Waals surface area contributed by atoms with Gasteiger partial charge in [0.2, 0.25) is 5.95 Å². The summed E-state index contributed by atoms with van der Waals surface area (Å²) in [6.07, 6.45) is 0. The molecule has 2 heterocycles. The highest BCUT2D eigenvalue weighted by atomic mass is 35.5. The fourth-order valence-electron chi connectivity index (χ4n) is 3.23. The first kappa shape index (κ1) is 18.8. The molecule has 5 rings (SSSR count). The quantitative estimate of drug-likeness (QED) is 0.372. The van der Waals surface area contributed by atoms with Crippen molar-refractivity contribution in [3.05, 3.63) is 77.3 Å². The maximum absolute atomic E-state index is 5.90. The van der Waals surface area contributed by atoms with E-state index >= 15 is 0 Å². The van der Waals surface area contributed by atoms with Crippen molar-refractivity contribution < 1.29 is 9.47 Å². The SMILES string of the molecule is Clc1ccc(Oc2ccc(CNc3nc4cc(NC5COC5)ccc4[nH]3)cc2)cc1. The van der Waals surface area contributed by atoms with Gasteiger partial charge in [-0.3, -0.25) is 0 Å². The minimum Gasteiger partial charge on any atom is -0.457 e. The zero-order chi connectivity index (χ0) is 20.3. The number of imidazole rings is 1. The molecule has 0 saturated carbocycles. The first-order valence-corrected chi connectivity index (χ1v) is 10.2. The molecule has 1 aliphatic heterocycles. The fourth-order valence-corrected chi connectivity index (χ4v) is 3.36. The van der Waals surface area contributed by atoms with Crippen LogP contribution in [0, 0.1) is 0 Å². The van der Waals surface area contributed by atoms with Crippen molar-refractivity contribution in [2.24, 2.45) is 0 Å². The third kappa shape index (κ3) is 4.35. The second-order valence-corrected chi connectivity index (χ2v) is 7.69. The third-order valence-electron chi connectivity index (χ3n) is 4.92. The number of H-pyrrole nitrogens is 1. The van der Waals surface area contributed by atoms with Gasteiger partial charge in [0, 0.05) is 17.3 Å². The zero-order valence-electron chi connectivity index (χ0n) is 16.2. The lowest BCUT2D eigenvalue weighted by Gasteiger charge is -2.27. The number of halogens is 1. The Kier molecular flexibility index (Phi) is 5.17. The predicted octanol–water partition coefficient (Wildman–Crippen LogP) is 5.43. The molecule has 152 valence electrons. The molecule has 1 fully saturated rings. The van der Waals surface area contributed by atoms with Gasteiger partial charge in [0.25, 0.3) is 0 Å². The van der Waals surface area contributed by atoms with Gasteiger partial charge in [-0.1, -0.05) is 23.7 Å². The molecule has 6 nitrogen and oxygen atoms in total. The van der Waals surface area contributed by atoms with Crippen LogP contribution in [0.5, 0.6) is 11.5 Å². The second-order valence-electron chi connectivity index (χ2n) is 7.25. The smallest absolute Gasteiger partial charge is 0.201 e. The summed E-state index contributed by atoms with van der Waals surface area (Å²) in [6.45, 7) is 2.18. The average molecular weight is 421 g/mol. The van der Waals surface area contributed by atoms with E-state index in [1.165, 1.54) is 0 Å². The van der Waals surface area contributed by atoms with Gasteiger partial charge < -0.3 is 25.1 Å². The van der Waals surface area contributed by atoms with Gasteiger partial charge in [-0.2, -0.15) is 0 Å². The number of aromatic nitrogens is 2. The van der Waals surface area contributed by atoms with E-state index in [1.807, 2.05) is 54.6 Å². The first-order valence-electron chi connectivity index (χ1n) is 9.81. The standard InChI is InChI=1S/C23H21ClN4O2/c24-16-3-8-20(9-4-16)30-19-6-1-15(2-7-19)12-25-23-27-21-10-5-17(11-22(21)28-23)26-18-13-29-14-18/h1-11,18,26H,12-14H2,(H2,25,27,28). The molecule has 3 N–H and O–H groups in total. The van der Waals surface area contributed by atoms with Crippen molar-refractivity contribution in [2.45, 2.75) is 12.6 Å². The van der Waals surface area contributed by atoms with Crippen LogP contribution >= 0.6 is 11.6 Å². The number of anilines is 2.